The monoisotopic (exact) mass is 361 g/mol. The smallest absolute Gasteiger partial charge is 0.254 e. The Morgan fingerprint density at radius 1 is 1.11 bits per heavy atom. The topological polar surface area (TPSA) is 47.4 Å². The minimum Gasteiger partial charge on any atom is -0.457 e. The summed E-state index contributed by atoms with van der Waals surface area (Å²) in [5.74, 6) is 2.81. The van der Waals surface area contributed by atoms with E-state index in [0.29, 0.717) is 17.9 Å². The van der Waals surface area contributed by atoms with Gasteiger partial charge in [-0.05, 0) is 43.2 Å². The molecule has 0 aliphatic carbocycles. The Kier molecular flexibility index (Phi) is 4.92. The van der Waals surface area contributed by atoms with Crippen LogP contribution in [0.25, 0.3) is 0 Å². The number of ether oxygens (including phenoxy) is 1. The quantitative estimate of drug-likeness (QED) is 0.699. The maximum absolute atomic E-state index is 13.0. The van der Waals surface area contributed by atoms with Crippen LogP contribution < -0.4 is 4.74 Å². The maximum atomic E-state index is 13.0. The Morgan fingerprint density at radius 2 is 1.93 bits per heavy atom. The van der Waals surface area contributed by atoms with Gasteiger partial charge < -0.3 is 14.2 Å². The molecule has 0 saturated carbocycles. The minimum absolute atomic E-state index is 0.0485. The third kappa shape index (κ3) is 3.87. The minimum atomic E-state index is 0.0485. The highest BCUT2D eigenvalue weighted by atomic mass is 16.5. The third-order valence-electron chi connectivity index (χ3n) is 4.99. The van der Waals surface area contributed by atoms with Crippen molar-refractivity contribution in [1.82, 2.24) is 14.5 Å². The third-order valence-corrected chi connectivity index (χ3v) is 4.99. The van der Waals surface area contributed by atoms with Crippen molar-refractivity contribution in [1.29, 1.82) is 0 Å². The van der Waals surface area contributed by atoms with Gasteiger partial charge in [-0.25, -0.2) is 4.98 Å². The molecule has 1 fully saturated rings. The number of piperidine rings is 1. The number of hydrogen-bond donors (Lipinski definition) is 0. The van der Waals surface area contributed by atoms with Gasteiger partial charge in [0.2, 0.25) is 0 Å². The number of carbonyl (C=O) groups excluding carboxylic acids is 1. The molecule has 1 amide bonds. The number of amides is 1. The highest BCUT2D eigenvalue weighted by Crippen LogP contribution is 2.27. The van der Waals surface area contributed by atoms with Gasteiger partial charge in [-0.15, -0.1) is 0 Å². The fourth-order valence-corrected chi connectivity index (χ4v) is 3.64. The van der Waals surface area contributed by atoms with Crippen LogP contribution in [0.4, 0.5) is 0 Å². The van der Waals surface area contributed by atoms with Crippen LogP contribution in [0.15, 0.2) is 67.0 Å². The number of hydrogen-bond acceptors (Lipinski definition) is 3. The van der Waals surface area contributed by atoms with E-state index in [1.165, 1.54) is 0 Å². The molecule has 0 N–H and O–H groups in total. The molecule has 1 aliphatic heterocycles. The standard InChI is InChI=1S/C22H23N3O2/c1-24-14-12-23-21(24)18-8-6-13-25(16-18)22(26)17-7-5-11-20(15-17)27-19-9-3-2-4-10-19/h2-5,7,9-12,14-15,18H,6,8,13,16H2,1H3. The first-order valence-corrected chi connectivity index (χ1v) is 9.30. The number of nitrogens with zero attached hydrogens (tertiary/aromatic N) is 3. The summed E-state index contributed by atoms with van der Waals surface area (Å²) in [4.78, 5) is 19.5. The highest BCUT2D eigenvalue weighted by Gasteiger charge is 2.27. The van der Waals surface area contributed by atoms with Gasteiger partial charge in [-0.2, -0.15) is 0 Å². The number of imidazole rings is 1. The van der Waals surface area contributed by atoms with Crippen LogP contribution in [0.3, 0.4) is 0 Å². The van der Waals surface area contributed by atoms with Gasteiger partial charge in [0.05, 0.1) is 0 Å². The highest BCUT2D eigenvalue weighted by molar-refractivity contribution is 5.94. The molecule has 138 valence electrons. The van der Waals surface area contributed by atoms with Gasteiger partial charge in [-0.3, -0.25) is 4.79 Å². The Bertz CT molecular complexity index is 920. The summed E-state index contributed by atoms with van der Waals surface area (Å²) in [5, 5.41) is 0. The Labute approximate surface area is 159 Å². The zero-order chi connectivity index (χ0) is 18.6. The zero-order valence-electron chi connectivity index (χ0n) is 15.4. The van der Waals surface area contributed by atoms with Gasteiger partial charge in [0, 0.05) is 44.0 Å². The van der Waals surface area contributed by atoms with E-state index < -0.39 is 0 Å². The van der Waals surface area contributed by atoms with Gasteiger partial charge in [-0.1, -0.05) is 24.3 Å². The predicted molar refractivity (Wildman–Crippen MR) is 104 cm³/mol. The lowest BCUT2D eigenvalue weighted by Gasteiger charge is -2.32. The lowest BCUT2D eigenvalue weighted by atomic mass is 9.96. The average molecular weight is 361 g/mol. The van der Waals surface area contributed by atoms with Crippen molar-refractivity contribution in [3.8, 4) is 11.5 Å². The number of aromatic nitrogens is 2. The molecule has 0 radical (unpaired) electrons. The number of carbonyl (C=O) groups is 1. The number of likely N-dealkylation sites (tertiary alicyclic amines) is 1. The van der Waals surface area contributed by atoms with Crippen molar-refractivity contribution in [3.05, 3.63) is 78.4 Å². The van der Waals surface area contributed by atoms with Crippen molar-refractivity contribution in [2.45, 2.75) is 18.8 Å². The Morgan fingerprint density at radius 3 is 2.70 bits per heavy atom. The molecule has 1 saturated heterocycles. The van der Waals surface area contributed by atoms with Gasteiger partial charge in [0.1, 0.15) is 17.3 Å². The molecule has 1 aromatic heterocycles. The molecule has 0 bridgehead atoms. The molecule has 3 aromatic rings. The fraction of sp³-hybridized carbons (Fsp3) is 0.273. The normalized spacial score (nSPS) is 16.9. The first-order chi connectivity index (χ1) is 13.2. The SMILES string of the molecule is Cn1ccnc1C1CCCN(C(=O)c2cccc(Oc3ccccc3)c2)C1. The van der Waals surface area contributed by atoms with E-state index in [4.69, 9.17) is 4.74 Å². The summed E-state index contributed by atoms with van der Waals surface area (Å²) in [6.45, 7) is 1.48. The first-order valence-electron chi connectivity index (χ1n) is 9.30. The second-order valence-corrected chi connectivity index (χ2v) is 6.93. The van der Waals surface area contributed by atoms with Crippen LogP contribution in [-0.4, -0.2) is 33.4 Å². The van der Waals surface area contributed by atoms with Crippen molar-refractivity contribution in [3.63, 3.8) is 0 Å². The maximum Gasteiger partial charge on any atom is 0.254 e. The fourth-order valence-electron chi connectivity index (χ4n) is 3.64. The molecule has 27 heavy (non-hydrogen) atoms. The van der Waals surface area contributed by atoms with E-state index in [0.717, 1.165) is 31.0 Å². The van der Waals surface area contributed by atoms with E-state index in [1.54, 1.807) is 0 Å². The van der Waals surface area contributed by atoms with E-state index in [1.807, 2.05) is 83.5 Å². The number of para-hydroxylation sites is 1. The molecular formula is C22H23N3O2. The molecule has 4 rings (SSSR count). The average Bonchev–Trinajstić information content (AvgIpc) is 3.14. The molecule has 2 aromatic carbocycles. The lowest BCUT2D eigenvalue weighted by molar-refractivity contribution is 0.0703. The number of rotatable bonds is 4. The number of benzene rings is 2. The van der Waals surface area contributed by atoms with Crippen LogP contribution >= 0.6 is 0 Å². The van der Waals surface area contributed by atoms with Crippen molar-refractivity contribution < 1.29 is 9.53 Å². The van der Waals surface area contributed by atoms with E-state index >= 15 is 0 Å². The van der Waals surface area contributed by atoms with Gasteiger partial charge in [0.25, 0.3) is 5.91 Å². The molecule has 5 heteroatoms. The molecule has 1 atom stereocenters. The predicted octanol–water partition coefficient (Wildman–Crippen LogP) is 4.23. The van der Waals surface area contributed by atoms with E-state index in [9.17, 15) is 4.79 Å². The summed E-state index contributed by atoms with van der Waals surface area (Å²) in [6, 6.07) is 17.0. The first kappa shape index (κ1) is 17.3. The summed E-state index contributed by atoms with van der Waals surface area (Å²) in [5.41, 5.74) is 0.656. The van der Waals surface area contributed by atoms with Crippen LogP contribution in [0.2, 0.25) is 0 Å². The lowest BCUT2D eigenvalue weighted by Crippen LogP contribution is -2.39. The van der Waals surface area contributed by atoms with Gasteiger partial charge >= 0.3 is 0 Å². The van der Waals surface area contributed by atoms with Crippen molar-refractivity contribution in [2.75, 3.05) is 13.1 Å². The van der Waals surface area contributed by atoms with Gasteiger partial charge in [0.15, 0.2) is 0 Å². The Balaban J connectivity index is 1.49. The van der Waals surface area contributed by atoms with Crippen molar-refractivity contribution in [2.24, 2.45) is 7.05 Å². The molecule has 5 nitrogen and oxygen atoms in total. The summed E-state index contributed by atoms with van der Waals surface area (Å²) in [6.07, 6.45) is 5.83. The number of aryl methyl sites for hydroxylation is 1. The van der Waals surface area contributed by atoms with Crippen LogP contribution in [0.5, 0.6) is 11.5 Å². The van der Waals surface area contributed by atoms with E-state index in [2.05, 4.69) is 4.98 Å². The molecular weight excluding hydrogens is 338 g/mol. The molecule has 2 heterocycles. The summed E-state index contributed by atoms with van der Waals surface area (Å²) in [7, 11) is 2.01. The zero-order valence-corrected chi connectivity index (χ0v) is 15.4. The molecule has 0 spiro atoms. The second kappa shape index (κ2) is 7.66. The van der Waals surface area contributed by atoms with Crippen LogP contribution in [-0.2, 0) is 7.05 Å². The van der Waals surface area contributed by atoms with Crippen LogP contribution in [0, 0.1) is 0 Å². The van der Waals surface area contributed by atoms with Crippen molar-refractivity contribution >= 4 is 5.91 Å². The van der Waals surface area contributed by atoms with Crippen LogP contribution in [0.1, 0.15) is 34.9 Å². The molecule has 1 unspecified atom stereocenters. The van der Waals surface area contributed by atoms with E-state index in [-0.39, 0.29) is 11.8 Å². The molecule has 1 aliphatic rings. The second-order valence-electron chi connectivity index (χ2n) is 6.93. The summed E-state index contributed by atoms with van der Waals surface area (Å²) < 4.78 is 7.92. The Hall–Kier alpha value is -3.08. The summed E-state index contributed by atoms with van der Waals surface area (Å²) >= 11 is 0. The largest absolute Gasteiger partial charge is 0.457 e.